The SMILES string of the molecule is Cc1cc(F)c(NC(=O)[C@H](N)Cc2ccccc2)cc1F. The number of benzene rings is 2. The van der Waals surface area contributed by atoms with Crippen LogP contribution in [0.5, 0.6) is 0 Å². The van der Waals surface area contributed by atoms with Crippen LogP contribution >= 0.6 is 0 Å². The summed E-state index contributed by atoms with van der Waals surface area (Å²) in [5.41, 5.74) is 6.66. The van der Waals surface area contributed by atoms with E-state index in [9.17, 15) is 13.6 Å². The summed E-state index contributed by atoms with van der Waals surface area (Å²) in [7, 11) is 0. The molecular formula is C16H16F2N2O. The molecule has 2 rings (SSSR count). The van der Waals surface area contributed by atoms with Crippen LogP contribution in [0.1, 0.15) is 11.1 Å². The van der Waals surface area contributed by atoms with E-state index in [1.54, 1.807) is 0 Å². The maximum Gasteiger partial charge on any atom is 0.241 e. The van der Waals surface area contributed by atoms with Gasteiger partial charge in [0.2, 0.25) is 5.91 Å². The van der Waals surface area contributed by atoms with Gasteiger partial charge in [0.1, 0.15) is 11.6 Å². The first-order valence-corrected chi connectivity index (χ1v) is 6.53. The second kappa shape index (κ2) is 6.45. The molecule has 0 radical (unpaired) electrons. The van der Waals surface area contributed by atoms with E-state index in [-0.39, 0.29) is 11.3 Å². The minimum Gasteiger partial charge on any atom is -0.322 e. The van der Waals surface area contributed by atoms with Crippen LogP contribution in [-0.2, 0) is 11.2 Å². The van der Waals surface area contributed by atoms with Crippen molar-refractivity contribution in [1.29, 1.82) is 0 Å². The third-order valence-corrected chi connectivity index (χ3v) is 3.14. The number of hydrogen-bond donors (Lipinski definition) is 2. The summed E-state index contributed by atoms with van der Waals surface area (Å²) in [6, 6.07) is 10.4. The normalized spacial score (nSPS) is 12.0. The van der Waals surface area contributed by atoms with E-state index in [2.05, 4.69) is 5.32 Å². The fourth-order valence-electron chi connectivity index (χ4n) is 1.93. The average Bonchev–Trinajstić information content (AvgIpc) is 2.45. The quantitative estimate of drug-likeness (QED) is 0.909. The summed E-state index contributed by atoms with van der Waals surface area (Å²) < 4.78 is 27.1. The third kappa shape index (κ3) is 3.86. The van der Waals surface area contributed by atoms with Crippen molar-refractivity contribution in [2.24, 2.45) is 5.73 Å². The molecule has 0 aromatic heterocycles. The standard InChI is InChI=1S/C16H16F2N2O/c1-10-7-13(18)15(9-12(10)17)20-16(21)14(19)8-11-5-3-2-4-6-11/h2-7,9,14H,8,19H2,1H3,(H,20,21)/t14-/m1/s1. The Hall–Kier alpha value is -2.27. The van der Waals surface area contributed by atoms with Gasteiger partial charge in [-0.05, 0) is 30.5 Å². The van der Waals surface area contributed by atoms with E-state index in [4.69, 9.17) is 5.73 Å². The molecule has 0 saturated heterocycles. The molecule has 3 N–H and O–H groups in total. The van der Waals surface area contributed by atoms with E-state index in [1.165, 1.54) is 6.92 Å². The largest absolute Gasteiger partial charge is 0.322 e. The number of carbonyl (C=O) groups is 1. The number of nitrogens with one attached hydrogen (secondary N) is 1. The fraction of sp³-hybridized carbons (Fsp3) is 0.188. The van der Waals surface area contributed by atoms with Crippen LogP contribution in [0.15, 0.2) is 42.5 Å². The molecule has 2 aromatic carbocycles. The Labute approximate surface area is 121 Å². The Morgan fingerprint density at radius 1 is 1.19 bits per heavy atom. The highest BCUT2D eigenvalue weighted by Crippen LogP contribution is 2.19. The van der Waals surface area contributed by atoms with Gasteiger partial charge in [-0.25, -0.2) is 8.78 Å². The smallest absolute Gasteiger partial charge is 0.241 e. The maximum absolute atomic E-state index is 13.7. The Bertz CT molecular complexity index is 644. The molecule has 0 fully saturated rings. The molecule has 0 bridgehead atoms. The number of anilines is 1. The van der Waals surface area contributed by atoms with Crippen LogP contribution in [0.2, 0.25) is 0 Å². The Morgan fingerprint density at radius 2 is 1.86 bits per heavy atom. The molecule has 5 heteroatoms. The Morgan fingerprint density at radius 3 is 2.52 bits per heavy atom. The van der Waals surface area contributed by atoms with Crippen LogP contribution in [0, 0.1) is 18.6 Å². The molecule has 0 aliphatic rings. The van der Waals surface area contributed by atoms with Gasteiger partial charge in [0, 0.05) is 6.07 Å². The maximum atomic E-state index is 13.7. The van der Waals surface area contributed by atoms with E-state index in [0.717, 1.165) is 17.7 Å². The van der Waals surface area contributed by atoms with E-state index in [0.29, 0.717) is 6.42 Å². The van der Waals surface area contributed by atoms with Crippen molar-refractivity contribution in [2.75, 3.05) is 5.32 Å². The number of rotatable bonds is 4. The molecule has 0 spiro atoms. The zero-order chi connectivity index (χ0) is 15.4. The van der Waals surface area contributed by atoms with Crippen molar-refractivity contribution in [1.82, 2.24) is 0 Å². The molecule has 2 aromatic rings. The minimum absolute atomic E-state index is 0.180. The zero-order valence-electron chi connectivity index (χ0n) is 11.6. The summed E-state index contributed by atoms with van der Waals surface area (Å²) >= 11 is 0. The monoisotopic (exact) mass is 290 g/mol. The number of carbonyl (C=O) groups excluding carboxylic acids is 1. The van der Waals surface area contributed by atoms with Gasteiger partial charge < -0.3 is 11.1 Å². The summed E-state index contributed by atoms with van der Waals surface area (Å²) in [6.07, 6.45) is 0.322. The van der Waals surface area contributed by atoms with Crippen LogP contribution in [-0.4, -0.2) is 11.9 Å². The van der Waals surface area contributed by atoms with Crippen LogP contribution in [0.3, 0.4) is 0 Å². The molecule has 110 valence electrons. The predicted octanol–water partition coefficient (Wildman–Crippen LogP) is 2.78. The van der Waals surface area contributed by atoms with Crippen LogP contribution < -0.4 is 11.1 Å². The van der Waals surface area contributed by atoms with Crippen molar-refractivity contribution in [2.45, 2.75) is 19.4 Å². The number of nitrogens with two attached hydrogens (primary N) is 1. The van der Waals surface area contributed by atoms with E-state index < -0.39 is 23.6 Å². The lowest BCUT2D eigenvalue weighted by Crippen LogP contribution is -2.37. The summed E-state index contributed by atoms with van der Waals surface area (Å²) in [6.45, 7) is 1.45. The molecular weight excluding hydrogens is 274 g/mol. The molecule has 0 unspecified atom stereocenters. The summed E-state index contributed by atoms with van der Waals surface area (Å²) in [4.78, 5) is 11.9. The number of hydrogen-bond acceptors (Lipinski definition) is 2. The molecule has 0 heterocycles. The first-order chi connectivity index (χ1) is 9.97. The van der Waals surface area contributed by atoms with Crippen molar-refractivity contribution in [3.63, 3.8) is 0 Å². The van der Waals surface area contributed by atoms with E-state index in [1.807, 2.05) is 30.3 Å². The highest BCUT2D eigenvalue weighted by Gasteiger charge is 2.17. The number of amides is 1. The Balaban J connectivity index is 2.06. The Kier molecular flexibility index (Phi) is 4.65. The van der Waals surface area contributed by atoms with Crippen molar-refractivity contribution in [3.05, 3.63) is 65.2 Å². The minimum atomic E-state index is -0.837. The van der Waals surface area contributed by atoms with Crippen LogP contribution in [0.25, 0.3) is 0 Å². The highest BCUT2D eigenvalue weighted by molar-refractivity contribution is 5.95. The zero-order valence-corrected chi connectivity index (χ0v) is 11.6. The van der Waals surface area contributed by atoms with Gasteiger partial charge in [-0.3, -0.25) is 4.79 Å². The first kappa shape index (κ1) is 15.1. The van der Waals surface area contributed by atoms with Gasteiger partial charge in [-0.2, -0.15) is 0 Å². The van der Waals surface area contributed by atoms with Gasteiger partial charge >= 0.3 is 0 Å². The molecule has 1 amide bonds. The number of halogens is 2. The number of aryl methyl sites for hydroxylation is 1. The van der Waals surface area contributed by atoms with Gasteiger partial charge in [0.05, 0.1) is 11.7 Å². The molecule has 3 nitrogen and oxygen atoms in total. The van der Waals surface area contributed by atoms with Crippen molar-refractivity contribution < 1.29 is 13.6 Å². The van der Waals surface area contributed by atoms with Gasteiger partial charge in [0.25, 0.3) is 0 Å². The van der Waals surface area contributed by atoms with E-state index >= 15 is 0 Å². The lowest BCUT2D eigenvalue weighted by atomic mass is 10.1. The van der Waals surface area contributed by atoms with Gasteiger partial charge in [-0.1, -0.05) is 30.3 Å². The third-order valence-electron chi connectivity index (χ3n) is 3.14. The molecule has 0 saturated carbocycles. The first-order valence-electron chi connectivity index (χ1n) is 6.53. The van der Waals surface area contributed by atoms with Gasteiger partial charge in [0.15, 0.2) is 0 Å². The molecule has 0 aliphatic carbocycles. The lowest BCUT2D eigenvalue weighted by Gasteiger charge is -2.13. The second-order valence-corrected chi connectivity index (χ2v) is 4.87. The lowest BCUT2D eigenvalue weighted by molar-refractivity contribution is -0.117. The topological polar surface area (TPSA) is 55.1 Å². The summed E-state index contributed by atoms with van der Waals surface area (Å²) in [5, 5.41) is 2.32. The predicted molar refractivity (Wildman–Crippen MR) is 77.8 cm³/mol. The summed E-state index contributed by atoms with van der Waals surface area (Å²) in [5.74, 6) is -1.82. The van der Waals surface area contributed by atoms with Crippen molar-refractivity contribution >= 4 is 11.6 Å². The van der Waals surface area contributed by atoms with Gasteiger partial charge in [-0.15, -0.1) is 0 Å². The fourth-order valence-corrected chi connectivity index (χ4v) is 1.93. The molecule has 0 aliphatic heterocycles. The highest BCUT2D eigenvalue weighted by atomic mass is 19.1. The molecule has 21 heavy (non-hydrogen) atoms. The second-order valence-electron chi connectivity index (χ2n) is 4.87. The average molecular weight is 290 g/mol. The van der Waals surface area contributed by atoms with Crippen LogP contribution in [0.4, 0.5) is 14.5 Å². The molecule has 1 atom stereocenters. The van der Waals surface area contributed by atoms with Crippen molar-refractivity contribution in [3.8, 4) is 0 Å².